The summed E-state index contributed by atoms with van der Waals surface area (Å²) in [6.45, 7) is 8.88. The lowest BCUT2D eigenvalue weighted by molar-refractivity contribution is 0.241. The number of nitrogens with one attached hydrogen (secondary N) is 1. The van der Waals surface area contributed by atoms with Crippen LogP contribution in [0, 0.1) is 0 Å². The normalized spacial score (nSPS) is 14.7. The topological polar surface area (TPSA) is 49.0 Å². The Morgan fingerprint density at radius 2 is 1.92 bits per heavy atom. The van der Waals surface area contributed by atoms with Gasteiger partial charge in [-0.1, -0.05) is 51.5 Å². The second kappa shape index (κ2) is 7.96. The molecule has 0 spiro atoms. The van der Waals surface area contributed by atoms with E-state index in [1.807, 2.05) is 0 Å². The van der Waals surface area contributed by atoms with Crippen LogP contribution < -0.4 is 5.56 Å². The Labute approximate surface area is 150 Å². The van der Waals surface area contributed by atoms with Gasteiger partial charge in [-0.15, -0.1) is 0 Å². The molecule has 1 aromatic carbocycles. The minimum Gasteiger partial charge on any atom is -0.310 e. The standard InChI is InChI=1S/C21H29N3O/c1-4-5-6-16-7-9-17(10-8-16)13-24-12-11-19-18(14-24)21(25)23-20(22-19)15(2)3/h7-10,15H,4-6,11-14H2,1-3H3,(H,22,23,25). The zero-order valence-corrected chi connectivity index (χ0v) is 15.6. The third kappa shape index (κ3) is 4.37. The van der Waals surface area contributed by atoms with E-state index in [1.54, 1.807) is 0 Å². The lowest BCUT2D eigenvalue weighted by atomic mass is 10.0. The molecule has 1 N–H and O–H groups in total. The summed E-state index contributed by atoms with van der Waals surface area (Å²) in [4.78, 5) is 22.4. The summed E-state index contributed by atoms with van der Waals surface area (Å²) in [5.74, 6) is 1.06. The summed E-state index contributed by atoms with van der Waals surface area (Å²) in [5, 5.41) is 0. The second-order valence-corrected chi connectivity index (χ2v) is 7.41. The van der Waals surface area contributed by atoms with E-state index in [0.29, 0.717) is 6.54 Å². The number of aromatic nitrogens is 2. The van der Waals surface area contributed by atoms with Gasteiger partial charge in [0.1, 0.15) is 5.82 Å². The molecule has 1 aliphatic heterocycles. The summed E-state index contributed by atoms with van der Waals surface area (Å²) in [5.41, 5.74) is 4.59. The molecule has 25 heavy (non-hydrogen) atoms. The quantitative estimate of drug-likeness (QED) is 0.871. The van der Waals surface area contributed by atoms with Crippen LogP contribution in [0.25, 0.3) is 0 Å². The van der Waals surface area contributed by atoms with Gasteiger partial charge in [0.2, 0.25) is 0 Å². The highest BCUT2D eigenvalue weighted by Crippen LogP contribution is 2.18. The van der Waals surface area contributed by atoms with Gasteiger partial charge in [0.25, 0.3) is 5.56 Å². The van der Waals surface area contributed by atoms with Crippen molar-refractivity contribution in [2.75, 3.05) is 6.54 Å². The van der Waals surface area contributed by atoms with Crippen molar-refractivity contribution in [2.24, 2.45) is 0 Å². The Hall–Kier alpha value is -1.94. The largest absolute Gasteiger partial charge is 0.310 e. The highest BCUT2D eigenvalue weighted by Gasteiger charge is 2.21. The second-order valence-electron chi connectivity index (χ2n) is 7.41. The first-order chi connectivity index (χ1) is 12.1. The fraction of sp³-hybridized carbons (Fsp3) is 0.524. The Morgan fingerprint density at radius 1 is 1.20 bits per heavy atom. The number of fused-ring (bicyclic) bond motifs is 1. The van der Waals surface area contributed by atoms with Crippen LogP contribution in [0.1, 0.15) is 67.7 Å². The maximum atomic E-state index is 12.4. The summed E-state index contributed by atoms with van der Waals surface area (Å²) < 4.78 is 0. The van der Waals surface area contributed by atoms with Gasteiger partial charge in [-0.2, -0.15) is 0 Å². The van der Waals surface area contributed by atoms with Gasteiger partial charge in [0.15, 0.2) is 0 Å². The molecule has 0 aliphatic carbocycles. The molecule has 0 unspecified atom stereocenters. The van der Waals surface area contributed by atoms with Gasteiger partial charge in [-0.05, 0) is 24.0 Å². The number of unbranched alkanes of at least 4 members (excludes halogenated alkanes) is 1. The first kappa shape index (κ1) is 17.9. The molecular formula is C21H29N3O. The van der Waals surface area contributed by atoms with E-state index in [9.17, 15) is 4.79 Å². The summed E-state index contributed by atoms with van der Waals surface area (Å²) in [6.07, 6.45) is 4.49. The van der Waals surface area contributed by atoms with Crippen molar-refractivity contribution in [1.82, 2.24) is 14.9 Å². The van der Waals surface area contributed by atoms with E-state index in [4.69, 9.17) is 0 Å². The van der Waals surface area contributed by atoms with Crippen LogP contribution in [-0.4, -0.2) is 21.4 Å². The van der Waals surface area contributed by atoms with E-state index < -0.39 is 0 Å². The fourth-order valence-electron chi connectivity index (χ4n) is 3.36. The lowest BCUT2D eigenvalue weighted by Gasteiger charge is -2.28. The lowest BCUT2D eigenvalue weighted by Crippen LogP contribution is -2.35. The number of aryl methyl sites for hydroxylation is 1. The molecule has 0 saturated heterocycles. The molecule has 0 amide bonds. The van der Waals surface area contributed by atoms with Gasteiger partial charge in [-0.3, -0.25) is 9.69 Å². The van der Waals surface area contributed by atoms with Crippen molar-refractivity contribution < 1.29 is 0 Å². The first-order valence-electron chi connectivity index (χ1n) is 9.49. The van der Waals surface area contributed by atoms with Crippen LogP contribution >= 0.6 is 0 Å². The molecule has 1 aliphatic rings. The van der Waals surface area contributed by atoms with Crippen LogP contribution in [0.5, 0.6) is 0 Å². The maximum absolute atomic E-state index is 12.4. The molecule has 2 aromatic rings. The van der Waals surface area contributed by atoms with E-state index >= 15 is 0 Å². The van der Waals surface area contributed by atoms with Gasteiger partial charge >= 0.3 is 0 Å². The monoisotopic (exact) mass is 339 g/mol. The number of aromatic amines is 1. The van der Waals surface area contributed by atoms with Crippen LogP contribution in [0.2, 0.25) is 0 Å². The van der Waals surface area contributed by atoms with Gasteiger partial charge in [-0.25, -0.2) is 4.98 Å². The number of hydrogen-bond donors (Lipinski definition) is 1. The summed E-state index contributed by atoms with van der Waals surface area (Å²) >= 11 is 0. The smallest absolute Gasteiger partial charge is 0.255 e. The molecule has 1 aromatic heterocycles. The highest BCUT2D eigenvalue weighted by molar-refractivity contribution is 5.25. The number of nitrogens with zero attached hydrogens (tertiary/aromatic N) is 2. The van der Waals surface area contributed by atoms with Crippen LogP contribution in [0.4, 0.5) is 0 Å². The molecular weight excluding hydrogens is 310 g/mol. The van der Waals surface area contributed by atoms with Crippen molar-refractivity contribution in [3.63, 3.8) is 0 Å². The zero-order chi connectivity index (χ0) is 17.8. The third-order valence-corrected chi connectivity index (χ3v) is 4.96. The zero-order valence-electron chi connectivity index (χ0n) is 15.6. The van der Waals surface area contributed by atoms with Crippen molar-refractivity contribution >= 4 is 0 Å². The first-order valence-corrected chi connectivity index (χ1v) is 9.49. The Morgan fingerprint density at radius 3 is 2.60 bits per heavy atom. The molecule has 134 valence electrons. The SMILES string of the molecule is CCCCc1ccc(CN2CCc3nc(C(C)C)[nH]c(=O)c3C2)cc1. The van der Waals surface area contributed by atoms with Crippen LogP contribution in [0.3, 0.4) is 0 Å². The molecule has 0 bridgehead atoms. The van der Waals surface area contributed by atoms with Gasteiger partial charge in [0, 0.05) is 32.0 Å². The molecule has 0 fully saturated rings. The number of rotatable bonds is 6. The molecule has 0 atom stereocenters. The maximum Gasteiger partial charge on any atom is 0.255 e. The van der Waals surface area contributed by atoms with E-state index in [1.165, 1.54) is 24.0 Å². The minimum atomic E-state index is 0.0355. The average molecular weight is 339 g/mol. The average Bonchev–Trinajstić information content (AvgIpc) is 2.61. The Balaban J connectivity index is 1.68. The van der Waals surface area contributed by atoms with Gasteiger partial charge in [0.05, 0.1) is 11.3 Å². The Bertz CT molecular complexity index is 762. The predicted molar refractivity (Wildman–Crippen MR) is 102 cm³/mol. The predicted octanol–water partition coefficient (Wildman–Crippen LogP) is 3.79. The highest BCUT2D eigenvalue weighted by atomic mass is 16.1. The van der Waals surface area contributed by atoms with Crippen molar-refractivity contribution in [2.45, 2.75) is 65.5 Å². The number of hydrogen-bond acceptors (Lipinski definition) is 3. The van der Waals surface area contributed by atoms with Gasteiger partial charge < -0.3 is 4.98 Å². The summed E-state index contributed by atoms with van der Waals surface area (Å²) in [7, 11) is 0. The fourth-order valence-corrected chi connectivity index (χ4v) is 3.36. The molecule has 2 heterocycles. The number of H-pyrrole nitrogens is 1. The van der Waals surface area contributed by atoms with Crippen molar-refractivity contribution in [3.8, 4) is 0 Å². The minimum absolute atomic E-state index is 0.0355. The molecule has 4 heteroatoms. The van der Waals surface area contributed by atoms with Crippen molar-refractivity contribution in [3.05, 3.63) is 62.8 Å². The number of benzene rings is 1. The van der Waals surface area contributed by atoms with E-state index in [2.05, 4.69) is 59.9 Å². The third-order valence-electron chi connectivity index (χ3n) is 4.96. The molecule has 4 nitrogen and oxygen atoms in total. The Kier molecular flexibility index (Phi) is 5.69. The van der Waals surface area contributed by atoms with Crippen molar-refractivity contribution in [1.29, 1.82) is 0 Å². The molecule has 0 saturated carbocycles. The van der Waals surface area contributed by atoms with Crippen LogP contribution in [-0.2, 0) is 25.9 Å². The van der Waals surface area contributed by atoms with E-state index in [0.717, 1.165) is 43.0 Å². The molecule has 0 radical (unpaired) electrons. The molecule has 3 rings (SSSR count). The van der Waals surface area contributed by atoms with E-state index in [-0.39, 0.29) is 11.5 Å². The van der Waals surface area contributed by atoms with Crippen LogP contribution in [0.15, 0.2) is 29.1 Å². The summed E-state index contributed by atoms with van der Waals surface area (Å²) in [6, 6.07) is 8.94.